The van der Waals surface area contributed by atoms with E-state index in [1.165, 1.54) is 0 Å². The third kappa shape index (κ3) is 1.01. The van der Waals surface area contributed by atoms with Gasteiger partial charge in [0.05, 0.1) is 5.88 Å². The molecule has 11 heavy (non-hydrogen) atoms. The maximum atomic E-state index is 11.2. The van der Waals surface area contributed by atoms with Gasteiger partial charge in [0.2, 0.25) is 0 Å². The number of aromatic nitrogens is 2. The summed E-state index contributed by atoms with van der Waals surface area (Å²) in [6.07, 6.45) is 0. The minimum atomic E-state index is -0.0718. The summed E-state index contributed by atoms with van der Waals surface area (Å²) in [6.45, 7) is 1.78. The van der Waals surface area contributed by atoms with Crippen LogP contribution in [-0.2, 0) is 0 Å². The lowest BCUT2D eigenvalue weighted by Gasteiger charge is -1.96. The van der Waals surface area contributed by atoms with E-state index in [1.54, 1.807) is 18.7 Å². The average molecular weight is 169 g/mol. The fraction of sp³-hybridized carbons (Fsp3) is 0.333. The standard InChI is InChI=1S/C6H7N3OS/c1-3-8-5(10)4-6(9-3)11-2-7-4/h7H,2H2,1H3,(H,8,9,10). The molecule has 0 saturated carbocycles. The Morgan fingerprint density at radius 3 is 3.27 bits per heavy atom. The molecule has 1 aromatic rings. The molecule has 2 rings (SSSR count). The molecule has 0 fully saturated rings. The van der Waals surface area contributed by atoms with Gasteiger partial charge < -0.3 is 10.3 Å². The average Bonchev–Trinajstić information content (AvgIpc) is 2.34. The number of aryl methyl sites for hydroxylation is 1. The molecular formula is C6H7N3OS. The van der Waals surface area contributed by atoms with E-state index in [-0.39, 0.29) is 5.56 Å². The maximum Gasteiger partial charge on any atom is 0.275 e. The van der Waals surface area contributed by atoms with Crippen LogP contribution in [0.1, 0.15) is 5.82 Å². The predicted molar refractivity (Wildman–Crippen MR) is 43.9 cm³/mol. The van der Waals surface area contributed by atoms with Gasteiger partial charge in [-0.25, -0.2) is 4.98 Å². The van der Waals surface area contributed by atoms with Gasteiger partial charge >= 0.3 is 0 Å². The minimum absolute atomic E-state index is 0.0718. The topological polar surface area (TPSA) is 57.8 Å². The van der Waals surface area contributed by atoms with Gasteiger partial charge in [-0.15, -0.1) is 0 Å². The van der Waals surface area contributed by atoms with E-state index in [9.17, 15) is 4.79 Å². The molecular weight excluding hydrogens is 162 g/mol. The quantitative estimate of drug-likeness (QED) is 0.557. The van der Waals surface area contributed by atoms with Crippen LogP contribution >= 0.6 is 11.8 Å². The summed E-state index contributed by atoms with van der Waals surface area (Å²) in [4.78, 5) is 17.9. The fourth-order valence-corrected chi connectivity index (χ4v) is 1.86. The number of nitrogens with one attached hydrogen (secondary N) is 2. The van der Waals surface area contributed by atoms with Gasteiger partial charge in [-0.05, 0) is 6.92 Å². The number of hydrogen-bond acceptors (Lipinski definition) is 4. The minimum Gasteiger partial charge on any atom is -0.369 e. The molecule has 0 atom stereocenters. The van der Waals surface area contributed by atoms with Gasteiger partial charge in [-0.2, -0.15) is 0 Å². The van der Waals surface area contributed by atoms with Crippen molar-refractivity contribution in [3.05, 3.63) is 16.2 Å². The summed E-state index contributed by atoms with van der Waals surface area (Å²) in [7, 11) is 0. The Hall–Kier alpha value is -0.970. The Bertz CT molecular complexity index is 346. The second-order valence-corrected chi connectivity index (χ2v) is 3.26. The first-order valence-corrected chi connectivity index (χ1v) is 4.23. The monoisotopic (exact) mass is 169 g/mol. The smallest absolute Gasteiger partial charge is 0.275 e. The Morgan fingerprint density at radius 2 is 2.45 bits per heavy atom. The van der Waals surface area contributed by atoms with Crippen LogP contribution in [0.2, 0.25) is 0 Å². The van der Waals surface area contributed by atoms with Crippen LogP contribution in [0.4, 0.5) is 5.69 Å². The third-order valence-corrected chi connectivity index (χ3v) is 2.32. The first kappa shape index (κ1) is 6.72. The van der Waals surface area contributed by atoms with Crippen molar-refractivity contribution in [1.82, 2.24) is 9.97 Å². The molecule has 0 saturated heterocycles. The highest BCUT2D eigenvalue weighted by atomic mass is 32.2. The molecule has 0 bridgehead atoms. The van der Waals surface area contributed by atoms with E-state index >= 15 is 0 Å². The number of nitrogens with zero attached hydrogens (tertiary/aromatic N) is 1. The van der Waals surface area contributed by atoms with Crippen LogP contribution in [-0.4, -0.2) is 15.8 Å². The Kier molecular flexibility index (Phi) is 1.38. The van der Waals surface area contributed by atoms with Crippen LogP contribution < -0.4 is 10.9 Å². The van der Waals surface area contributed by atoms with E-state index in [0.717, 1.165) is 10.9 Å². The zero-order valence-corrected chi connectivity index (χ0v) is 6.79. The van der Waals surface area contributed by atoms with Crippen LogP contribution in [0, 0.1) is 6.92 Å². The predicted octanol–water partition coefficient (Wildman–Crippen LogP) is 0.553. The third-order valence-electron chi connectivity index (χ3n) is 1.46. The number of rotatable bonds is 0. The first-order chi connectivity index (χ1) is 5.27. The van der Waals surface area contributed by atoms with Gasteiger partial charge in [0.1, 0.15) is 16.5 Å². The normalized spacial score (nSPS) is 14.3. The molecule has 0 amide bonds. The van der Waals surface area contributed by atoms with Crippen LogP contribution in [0.15, 0.2) is 9.82 Å². The highest BCUT2D eigenvalue weighted by Gasteiger charge is 2.15. The molecule has 0 radical (unpaired) electrons. The Labute approximate surface area is 67.4 Å². The summed E-state index contributed by atoms with van der Waals surface area (Å²) >= 11 is 1.55. The SMILES string of the molecule is Cc1nc2c(c(=O)[nH]1)NCS2. The molecule has 0 aromatic carbocycles. The number of fused-ring (bicyclic) bond motifs is 1. The maximum absolute atomic E-state index is 11.2. The van der Waals surface area contributed by atoms with Crippen molar-refractivity contribution in [2.24, 2.45) is 0 Å². The van der Waals surface area contributed by atoms with Crippen LogP contribution in [0.3, 0.4) is 0 Å². The lowest BCUT2D eigenvalue weighted by molar-refractivity contribution is 0.953. The Balaban J connectivity index is 2.70. The van der Waals surface area contributed by atoms with Crippen molar-refractivity contribution in [1.29, 1.82) is 0 Å². The van der Waals surface area contributed by atoms with Crippen molar-refractivity contribution in [3.63, 3.8) is 0 Å². The molecule has 1 aliphatic heterocycles. The number of anilines is 1. The lowest BCUT2D eigenvalue weighted by atomic mass is 10.5. The fourth-order valence-electron chi connectivity index (χ4n) is 0.997. The van der Waals surface area contributed by atoms with Gasteiger partial charge in [0.15, 0.2) is 0 Å². The van der Waals surface area contributed by atoms with Crippen molar-refractivity contribution in [3.8, 4) is 0 Å². The van der Waals surface area contributed by atoms with Crippen molar-refractivity contribution < 1.29 is 0 Å². The summed E-state index contributed by atoms with van der Waals surface area (Å²) in [5.74, 6) is 1.42. The molecule has 0 aliphatic carbocycles. The Morgan fingerprint density at radius 1 is 1.64 bits per heavy atom. The number of hydrogen-bond donors (Lipinski definition) is 2. The summed E-state index contributed by atoms with van der Waals surface area (Å²) in [6, 6.07) is 0. The van der Waals surface area contributed by atoms with E-state index in [0.29, 0.717) is 11.5 Å². The second-order valence-electron chi connectivity index (χ2n) is 2.30. The number of thioether (sulfide) groups is 1. The molecule has 5 heteroatoms. The molecule has 1 aromatic heterocycles. The zero-order valence-electron chi connectivity index (χ0n) is 5.97. The van der Waals surface area contributed by atoms with Gasteiger partial charge in [0, 0.05) is 0 Å². The summed E-state index contributed by atoms with van der Waals surface area (Å²) in [5, 5.41) is 3.76. The van der Waals surface area contributed by atoms with Crippen LogP contribution in [0.25, 0.3) is 0 Å². The second kappa shape index (κ2) is 2.27. The molecule has 2 heterocycles. The lowest BCUT2D eigenvalue weighted by Crippen LogP contribution is -2.13. The summed E-state index contributed by atoms with van der Waals surface area (Å²) < 4.78 is 0. The van der Waals surface area contributed by atoms with Crippen LogP contribution in [0.5, 0.6) is 0 Å². The van der Waals surface area contributed by atoms with E-state index < -0.39 is 0 Å². The van der Waals surface area contributed by atoms with E-state index in [1.807, 2.05) is 0 Å². The number of aromatic amines is 1. The van der Waals surface area contributed by atoms with Crippen molar-refractivity contribution in [2.45, 2.75) is 11.9 Å². The molecule has 2 N–H and O–H groups in total. The van der Waals surface area contributed by atoms with Crippen molar-refractivity contribution >= 4 is 17.4 Å². The van der Waals surface area contributed by atoms with Gasteiger partial charge in [0.25, 0.3) is 5.56 Å². The first-order valence-electron chi connectivity index (χ1n) is 3.25. The molecule has 4 nitrogen and oxygen atoms in total. The van der Waals surface area contributed by atoms with Gasteiger partial charge in [-0.3, -0.25) is 4.79 Å². The highest BCUT2D eigenvalue weighted by molar-refractivity contribution is 7.99. The van der Waals surface area contributed by atoms with E-state index in [2.05, 4.69) is 15.3 Å². The molecule has 58 valence electrons. The highest BCUT2D eigenvalue weighted by Crippen LogP contribution is 2.27. The van der Waals surface area contributed by atoms with Crippen molar-refractivity contribution in [2.75, 3.05) is 11.2 Å². The van der Waals surface area contributed by atoms with E-state index in [4.69, 9.17) is 0 Å². The zero-order chi connectivity index (χ0) is 7.84. The molecule has 0 unspecified atom stereocenters. The molecule has 1 aliphatic rings. The molecule has 0 spiro atoms. The van der Waals surface area contributed by atoms with Gasteiger partial charge in [-0.1, -0.05) is 11.8 Å². The largest absolute Gasteiger partial charge is 0.369 e. The summed E-state index contributed by atoms with van der Waals surface area (Å²) in [5.41, 5.74) is 0.540. The number of H-pyrrole nitrogens is 1.